The van der Waals surface area contributed by atoms with Crippen molar-refractivity contribution in [3.8, 4) is 11.5 Å². The summed E-state index contributed by atoms with van der Waals surface area (Å²) in [6.07, 6.45) is -0.508. The molecule has 0 aliphatic carbocycles. The van der Waals surface area contributed by atoms with Crippen molar-refractivity contribution in [2.75, 3.05) is 52.5 Å². The summed E-state index contributed by atoms with van der Waals surface area (Å²) in [5.41, 5.74) is 0.955. The summed E-state index contributed by atoms with van der Waals surface area (Å²) in [6.45, 7) is 8.43. The zero-order valence-corrected chi connectivity index (χ0v) is 18.2. The van der Waals surface area contributed by atoms with Gasteiger partial charge >= 0.3 is 0 Å². The Kier molecular flexibility index (Phi) is 7.17. The van der Waals surface area contributed by atoms with Crippen LogP contribution in [0.4, 0.5) is 0 Å². The van der Waals surface area contributed by atoms with Crippen molar-refractivity contribution in [1.82, 2.24) is 14.8 Å². The molecule has 0 amide bonds. The standard InChI is InChI=1S/C23H29N3O3S/c1-18-24-22-15-21(7-8-23(22)30-18)29-17-19(27)16-26-11-9-25(10-12-26)13-14-28-20-5-3-2-4-6-20/h2-8,15,19,27H,9-14,16-17H2,1H3/t19-/m1/s1. The number of nitrogens with zero attached hydrogens (tertiary/aromatic N) is 3. The summed E-state index contributed by atoms with van der Waals surface area (Å²) in [4.78, 5) is 9.21. The van der Waals surface area contributed by atoms with E-state index in [9.17, 15) is 5.11 Å². The lowest BCUT2D eigenvalue weighted by Gasteiger charge is -2.35. The second-order valence-corrected chi connectivity index (χ2v) is 8.87. The molecule has 1 N–H and O–H groups in total. The van der Waals surface area contributed by atoms with Gasteiger partial charge < -0.3 is 14.6 Å². The van der Waals surface area contributed by atoms with E-state index in [2.05, 4.69) is 14.8 Å². The van der Waals surface area contributed by atoms with Crippen LogP contribution in [0.15, 0.2) is 48.5 Å². The van der Waals surface area contributed by atoms with E-state index in [4.69, 9.17) is 9.47 Å². The van der Waals surface area contributed by atoms with Crippen LogP contribution in [0.5, 0.6) is 11.5 Å². The Morgan fingerprint density at radius 2 is 1.77 bits per heavy atom. The van der Waals surface area contributed by atoms with E-state index in [1.807, 2.05) is 55.5 Å². The highest BCUT2D eigenvalue weighted by atomic mass is 32.1. The van der Waals surface area contributed by atoms with E-state index >= 15 is 0 Å². The smallest absolute Gasteiger partial charge is 0.121 e. The van der Waals surface area contributed by atoms with Crippen LogP contribution in [0.3, 0.4) is 0 Å². The number of rotatable bonds is 9. The minimum Gasteiger partial charge on any atom is -0.492 e. The average molecular weight is 428 g/mol. The fourth-order valence-electron chi connectivity index (χ4n) is 3.66. The molecule has 6 nitrogen and oxygen atoms in total. The van der Waals surface area contributed by atoms with E-state index in [1.165, 1.54) is 0 Å². The predicted octanol–water partition coefficient (Wildman–Crippen LogP) is 3.04. The number of hydrogen-bond acceptors (Lipinski definition) is 7. The van der Waals surface area contributed by atoms with Crippen molar-refractivity contribution in [3.63, 3.8) is 0 Å². The van der Waals surface area contributed by atoms with Gasteiger partial charge in [-0.3, -0.25) is 9.80 Å². The molecule has 0 unspecified atom stereocenters. The quantitative estimate of drug-likeness (QED) is 0.567. The van der Waals surface area contributed by atoms with E-state index in [0.717, 1.165) is 59.4 Å². The molecule has 1 aliphatic rings. The van der Waals surface area contributed by atoms with Crippen molar-refractivity contribution in [2.24, 2.45) is 0 Å². The van der Waals surface area contributed by atoms with Gasteiger partial charge in [0.2, 0.25) is 0 Å². The third-order valence-electron chi connectivity index (χ3n) is 5.26. The number of thiazole rings is 1. The largest absolute Gasteiger partial charge is 0.492 e. The van der Waals surface area contributed by atoms with Gasteiger partial charge in [0.25, 0.3) is 0 Å². The number of aromatic nitrogens is 1. The number of para-hydroxylation sites is 1. The lowest BCUT2D eigenvalue weighted by Crippen LogP contribution is -2.50. The topological polar surface area (TPSA) is 58.1 Å². The molecule has 0 spiro atoms. The first-order valence-electron chi connectivity index (χ1n) is 10.5. The third kappa shape index (κ3) is 5.92. The zero-order chi connectivity index (χ0) is 20.8. The van der Waals surface area contributed by atoms with Gasteiger partial charge in [0.05, 0.1) is 15.2 Å². The average Bonchev–Trinajstić information content (AvgIpc) is 3.13. The first-order chi connectivity index (χ1) is 14.7. The van der Waals surface area contributed by atoms with Crippen molar-refractivity contribution in [3.05, 3.63) is 53.5 Å². The number of β-amino-alcohol motifs (C(OH)–C–C–N with tert-alkyl or cyclic N) is 1. The van der Waals surface area contributed by atoms with Crippen LogP contribution in [0, 0.1) is 6.92 Å². The van der Waals surface area contributed by atoms with Crippen molar-refractivity contribution in [1.29, 1.82) is 0 Å². The van der Waals surface area contributed by atoms with Crippen LogP contribution < -0.4 is 9.47 Å². The number of aliphatic hydroxyl groups is 1. The number of hydrogen-bond donors (Lipinski definition) is 1. The molecule has 0 radical (unpaired) electrons. The Bertz CT molecular complexity index is 926. The summed E-state index contributed by atoms with van der Waals surface area (Å²) >= 11 is 1.68. The SMILES string of the molecule is Cc1nc2cc(OC[C@H](O)CN3CCN(CCOc4ccccc4)CC3)ccc2s1. The summed E-state index contributed by atoms with van der Waals surface area (Å²) in [5.74, 6) is 1.68. The van der Waals surface area contributed by atoms with Gasteiger partial charge in [0, 0.05) is 45.3 Å². The molecule has 1 aromatic heterocycles. The Morgan fingerprint density at radius 1 is 1.00 bits per heavy atom. The number of piperazine rings is 1. The van der Waals surface area contributed by atoms with Gasteiger partial charge in [0.1, 0.15) is 30.8 Å². The van der Waals surface area contributed by atoms with Gasteiger partial charge in [-0.15, -0.1) is 11.3 Å². The van der Waals surface area contributed by atoms with Crippen LogP contribution in [0.2, 0.25) is 0 Å². The molecule has 3 aromatic rings. The third-order valence-corrected chi connectivity index (χ3v) is 6.21. The Hall–Kier alpha value is -2.19. The van der Waals surface area contributed by atoms with Crippen LogP contribution in [0.1, 0.15) is 5.01 Å². The summed E-state index contributed by atoms with van der Waals surface area (Å²) in [6, 6.07) is 15.9. The maximum Gasteiger partial charge on any atom is 0.121 e. The maximum atomic E-state index is 10.4. The van der Waals surface area contributed by atoms with Gasteiger partial charge in [-0.25, -0.2) is 4.98 Å². The summed E-state index contributed by atoms with van der Waals surface area (Å²) < 4.78 is 12.8. The zero-order valence-electron chi connectivity index (χ0n) is 17.4. The number of aryl methyl sites for hydroxylation is 1. The van der Waals surface area contributed by atoms with E-state index in [0.29, 0.717) is 19.8 Å². The van der Waals surface area contributed by atoms with Crippen LogP contribution in [-0.4, -0.2) is 78.5 Å². The molecule has 1 saturated heterocycles. The Labute approximate surface area is 181 Å². The van der Waals surface area contributed by atoms with Crippen molar-refractivity contribution < 1.29 is 14.6 Å². The van der Waals surface area contributed by atoms with E-state index in [1.54, 1.807) is 11.3 Å². The van der Waals surface area contributed by atoms with E-state index < -0.39 is 6.10 Å². The molecule has 0 saturated carbocycles. The molecule has 1 aliphatic heterocycles. The first kappa shape index (κ1) is 21.1. The molecule has 7 heteroatoms. The number of ether oxygens (including phenoxy) is 2. The second kappa shape index (κ2) is 10.2. The molecule has 4 rings (SSSR count). The maximum absolute atomic E-state index is 10.4. The molecule has 1 atom stereocenters. The van der Waals surface area contributed by atoms with Crippen molar-refractivity contribution in [2.45, 2.75) is 13.0 Å². The highest BCUT2D eigenvalue weighted by Gasteiger charge is 2.19. The minimum absolute atomic E-state index is 0.291. The molecule has 1 fully saturated rings. The molecular formula is C23H29N3O3S. The normalized spacial score (nSPS) is 16.6. The first-order valence-corrected chi connectivity index (χ1v) is 11.3. The van der Waals surface area contributed by atoms with E-state index in [-0.39, 0.29) is 0 Å². The van der Waals surface area contributed by atoms with Gasteiger partial charge in [0.15, 0.2) is 0 Å². The van der Waals surface area contributed by atoms with Gasteiger partial charge in [-0.1, -0.05) is 18.2 Å². The fourth-order valence-corrected chi connectivity index (χ4v) is 4.47. The monoisotopic (exact) mass is 427 g/mol. The molecule has 160 valence electrons. The Morgan fingerprint density at radius 3 is 2.57 bits per heavy atom. The van der Waals surface area contributed by atoms with Crippen LogP contribution >= 0.6 is 11.3 Å². The second-order valence-electron chi connectivity index (χ2n) is 7.63. The minimum atomic E-state index is -0.508. The molecule has 2 aromatic carbocycles. The van der Waals surface area contributed by atoms with Crippen LogP contribution in [0.25, 0.3) is 10.2 Å². The van der Waals surface area contributed by atoms with Gasteiger partial charge in [-0.05, 0) is 31.2 Å². The molecule has 2 heterocycles. The van der Waals surface area contributed by atoms with Gasteiger partial charge in [-0.2, -0.15) is 0 Å². The van der Waals surface area contributed by atoms with Crippen molar-refractivity contribution >= 4 is 21.6 Å². The summed E-state index contributed by atoms with van der Waals surface area (Å²) in [7, 11) is 0. The molecule has 30 heavy (non-hydrogen) atoms. The van der Waals surface area contributed by atoms with Crippen LogP contribution in [-0.2, 0) is 0 Å². The highest BCUT2D eigenvalue weighted by molar-refractivity contribution is 7.18. The lowest BCUT2D eigenvalue weighted by atomic mass is 10.2. The number of aliphatic hydroxyl groups excluding tert-OH is 1. The molecular weight excluding hydrogens is 398 g/mol. The highest BCUT2D eigenvalue weighted by Crippen LogP contribution is 2.25. The fraction of sp³-hybridized carbons (Fsp3) is 0.435. The predicted molar refractivity (Wildman–Crippen MR) is 121 cm³/mol. The molecule has 0 bridgehead atoms. The summed E-state index contributed by atoms with van der Waals surface area (Å²) in [5, 5.41) is 11.4. The Balaban J connectivity index is 1.13. The number of fused-ring (bicyclic) bond motifs is 1. The lowest BCUT2D eigenvalue weighted by molar-refractivity contribution is 0.0436. The number of benzene rings is 2.